The number of carbonyl (C=O) groups excluding carboxylic acids is 1. The number of ketones is 1. The van der Waals surface area contributed by atoms with E-state index in [-0.39, 0.29) is 10.8 Å². The van der Waals surface area contributed by atoms with Gasteiger partial charge in [-0.3, -0.25) is 9.00 Å². The predicted octanol–water partition coefficient (Wildman–Crippen LogP) is 5.03. The van der Waals surface area contributed by atoms with Gasteiger partial charge in [0.25, 0.3) is 0 Å². The van der Waals surface area contributed by atoms with Crippen LogP contribution in [-0.4, -0.2) is 15.2 Å². The van der Waals surface area contributed by atoms with Crippen LogP contribution < -0.4 is 0 Å². The first-order valence-electron chi connectivity index (χ1n) is 6.05. The van der Waals surface area contributed by atoms with E-state index in [1.807, 2.05) is 0 Å². The lowest BCUT2D eigenvalue weighted by atomic mass is 10.1. The largest absolute Gasteiger partial charge is 0.293 e. The van der Waals surface area contributed by atoms with Gasteiger partial charge >= 0.3 is 0 Å². The molecule has 0 N–H and O–H groups in total. The molecule has 0 saturated heterocycles. The second kappa shape index (κ2) is 6.93. The molecule has 0 aliphatic carbocycles. The van der Waals surface area contributed by atoms with E-state index < -0.39 is 16.0 Å². The minimum absolute atomic E-state index is 0.252. The van der Waals surface area contributed by atoms with Gasteiger partial charge in [-0.05, 0) is 43.3 Å². The minimum atomic E-state index is -1.51. The Bertz CT molecular complexity index is 716. The van der Waals surface area contributed by atoms with E-state index in [9.17, 15) is 9.00 Å². The van der Waals surface area contributed by atoms with Crippen LogP contribution in [0, 0.1) is 0 Å². The van der Waals surface area contributed by atoms with Crippen LogP contribution in [-0.2, 0) is 10.8 Å². The Morgan fingerprint density at radius 3 is 2.33 bits per heavy atom. The summed E-state index contributed by atoms with van der Waals surface area (Å²) < 4.78 is 12.5. The fourth-order valence-corrected chi connectivity index (χ4v) is 3.74. The van der Waals surface area contributed by atoms with Crippen molar-refractivity contribution in [2.24, 2.45) is 0 Å². The highest BCUT2D eigenvalue weighted by Crippen LogP contribution is 2.25. The molecule has 2 nitrogen and oxygen atoms in total. The van der Waals surface area contributed by atoms with Crippen molar-refractivity contribution in [3.63, 3.8) is 0 Å². The van der Waals surface area contributed by atoms with E-state index in [1.165, 1.54) is 6.07 Å². The van der Waals surface area contributed by atoms with Crippen LogP contribution in [0.1, 0.15) is 17.3 Å². The Balaban J connectivity index is 2.28. The van der Waals surface area contributed by atoms with Gasteiger partial charge in [-0.25, -0.2) is 0 Å². The van der Waals surface area contributed by atoms with Crippen LogP contribution in [0.2, 0.25) is 15.1 Å². The van der Waals surface area contributed by atoms with E-state index in [0.29, 0.717) is 20.5 Å². The summed E-state index contributed by atoms with van der Waals surface area (Å²) in [6, 6.07) is 11.3. The second-order valence-electron chi connectivity index (χ2n) is 4.39. The van der Waals surface area contributed by atoms with Crippen molar-refractivity contribution in [2.75, 3.05) is 0 Å². The number of benzene rings is 2. The summed E-state index contributed by atoms with van der Waals surface area (Å²) in [4.78, 5) is 12.9. The van der Waals surface area contributed by atoms with Crippen LogP contribution in [0.5, 0.6) is 0 Å². The molecule has 0 radical (unpaired) electrons. The quantitative estimate of drug-likeness (QED) is 0.716. The Hall–Kier alpha value is -0.870. The molecular weight excluding hydrogens is 351 g/mol. The lowest BCUT2D eigenvalue weighted by molar-refractivity contribution is 0.0993. The SMILES string of the molecule is CC(C(=O)c1ccc(Cl)cc1Cl)S(=O)c1cccc(Cl)c1. The Morgan fingerprint density at radius 2 is 1.71 bits per heavy atom. The highest BCUT2D eigenvalue weighted by atomic mass is 35.5. The summed E-state index contributed by atoms with van der Waals surface area (Å²) in [6.45, 7) is 1.60. The lowest BCUT2D eigenvalue weighted by Crippen LogP contribution is -2.23. The van der Waals surface area contributed by atoms with Crippen molar-refractivity contribution in [1.29, 1.82) is 0 Å². The molecule has 0 aromatic heterocycles. The van der Waals surface area contributed by atoms with Crippen molar-refractivity contribution in [3.05, 3.63) is 63.1 Å². The van der Waals surface area contributed by atoms with E-state index in [2.05, 4.69) is 0 Å². The maximum Gasteiger partial charge on any atom is 0.179 e. The molecule has 2 rings (SSSR count). The first-order valence-corrected chi connectivity index (χ1v) is 8.40. The Kier molecular flexibility index (Phi) is 5.44. The van der Waals surface area contributed by atoms with Crippen molar-refractivity contribution in [1.82, 2.24) is 0 Å². The van der Waals surface area contributed by atoms with Gasteiger partial charge in [0.1, 0.15) is 0 Å². The average Bonchev–Trinajstić information content (AvgIpc) is 2.45. The molecule has 2 aromatic carbocycles. The Morgan fingerprint density at radius 1 is 1.05 bits per heavy atom. The second-order valence-corrected chi connectivity index (χ2v) is 7.44. The van der Waals surface area contributed by atoms with E-state index in [0.717, 1.165) is 0 Å². The molecule has 21 heavy (non-hydrogen) atoms. The van der Waals surface area contributed by atoms with E-state index in [1.54, 1.807) is 43.3 Å². The number of hydrogen-bond acceptors (Lipinski definition) is 2. The first kappa shape index (κ1) is 16.5. The van der Waals surface area contributed by atoms with Crippen molar-refractivity contribution < 1.29 is 9.00 Å². The predicted molar refractivity (Wildman–Crippen MR) is 88.1 cm³/mol. The van der Waals surface area contributed by atoms with Crippen LogP contribution in [0.4, 0.5) is 0 Å². The van der Waals surface area contributed by atoms with E-state index in [4.69, 9.17) is 34.8 Å². The van der Waals surface area contributed by atoms with Crippen molar-refractivity contribution >= 4 is 51.4 Å². The molecule has 0 fully saturated rings. The number of Topliss-reactive ketones (excluding diaryl/α,β-unsaturated/α-hetero) is 1. The molecule has 0 spiro atoms. The van der Waals surface area contributed by atoms with Gasteiger partial charge in [-0.2, -0.15) is 0 Å². The summed E-state index contributed by atoms with van der Waals surface area (Å²) >= 11 is 17.7. The zero-order valence-electron chi connectivity index (χ0n) is 11.0. The van der Waals surface area contributed by atoms with Gasteiger partial charge in [-0.15, -0.1) is 0 Å². The van der Waals surface area contributed by atoms with Gasteiger partial charge < -0.3 is 0 Å². The first-order chi connectivity index (χ1) is 9.90. The molecule has 2 unspecified atom stereocenters. The molecule has 0 heterocycles. The molecule has 0 bridgehead atoms. The topological polar surface area (TPSA) is 34.1 Å². The molecule has 0 amide bonds. The van der Waals surface area contributed by atoms with Crippen LogP contribution in [0.3, 0.4) is 0 Å². The molecule has 0 aliphatic heterocycles. The fourth-order valence-electron chi connectivity index (χ4n) is 1.80. The molecule has 2 atom stereocenters. The smallest absolute Gasteiger partial charge is 0.179 e. The van der Waals surface area contributed by atoms with Gasteiger partial charge in [0.2, 0.25) is 0 Å². The molecule has 6 heteroatoms. The standard InChI is InChI=1S/C15H11Cl3O2S/c1-9(21(20)12-4-2-3-10(16)7-12)15(19)13-6-5-11(17)8-14(13)18/h2-9H,1H3. The number of hydrogen-bond donors (Lipinski definition) is 0. The molecule has 2 aromatic rings. The number of carbonyl (C=O) groups is 1. The minimum Gasteiger partial charge on any atom is -0.293 e. The monoisotopic (exact) mass is 360 g/mol. The molecule has 0 aliphatic rings. The average molecular weight is 362 g/mol. The van der Waals surface area contributed by atoms with E-state index >= 15 is 0 Å². The highest BCUT2D eigenvalue weighted by molar-refractivity contribution is 7.86. The van der Waals surface area contributed by atoms with Gasteiger partial charge in [-0.1, -0.05) is 40.9 Å². The Labute approximate surface area is 140 Å². The van der Waals surface area contributed by atoms with Crippen LogP contribution >= 0.6 is 34.8 Å². The third-order valence-corrected chi connectivity index (χ3v) is 5.27. The fraction of sp³-hybridized carbons (Fsp3) is 0.133. The third-order valence-electron chi connectivity index (χ3n) is 2.92. The zero-order chi connectivity index (χ0) is 15.6. The number of halogens is 3. The van der Waals surface area contributed by atoms with Crippen molar-refractivity contribution in [2.45, 2.75) is 17.1 Å². The molecular formula is C15H11Cl3O2S. The normalized spacial score (nSPS) is 13.7. The lowest BCUT2D eigenvalue weighted by Gasteiger charge is -2.12. The van der Waals surface area contributed by atoms with Gasteiger partial charge in [0.05, 0.1) is 21.1 Å². The van der Waals surface area contributed by atoms with Crippen LogP contribution in [0.25, 0.3) is 0 Å². The summed E-state index contributed by atoms with van der Waals surface area (Å²) in [6.07, 6.45) is 0. The van der Waals surface area contributed by atoms with Gasteiger partial charge in [0, 0.05) is 20.5 Å². The zero-order valence-corrected chi connectivity index (χ0v) is 14.1. The summed E-state index contributed by atoms with van der Waals surface area (Å²) in [5, 5.41) is 0.440. The summed E-state index contributed by atoms with van der Waals surface area (Å²) in [5.74, 6) is -0.296. The summed E-state index contributed by atoms with van der Waals surface area (Å²) in [7, 11) is -1.51. The summed E-state index contributed by atoms with van der Waals surface area (Å²) in [5.41, 5.74) is 0.309. The maximum atomic E-state index is 12.5. The highest BCUT2D eigenvalue weighted by Gasteiger charge is 2.24. The molecule has 0 saturated carbocycles. The van der Waals surface area contributed by atoms with Crippen LogP contribution in [0.15, 0.2) is 47.4 Å². The van der Waals surface area contributed by atoms with Gasteiger partial charge in [0.15, 0.2) is 5.78 Å². The molecule has 110 valence electrons. The number of rotatable bonds is 4. The van der Waals surface area contributed by atoms with Crippen molar-refractivity contribution in [3.8, 4) is 0 Å². The third kappa shape index (κ3) is 3.86. The maximum absolute atomic E-state index is 12.5.